The van der Waals surface area contributed by atoms with Gasteiger partial charge in [-0.3, -0.25) is 3.11 Å². The first-order valence-electron chi connectivity index (χ1n) is 9.70. The number of hydrogen-bond donors (Lipinski definition) is 0. The average molecular weight is 463 g/mol. The van der Waals surface area contributed by atoms with Gasteiger partial charge in [-0.2, -0.15) is 0 Å². The van der Waals surface area contributed by atoms with Crippen molar-refractivity contribution in [3.05, 3.63) is 108 Å². The van der Waals surface area contributed by atoms with E-state index in [1.165, 1.54) is 47.3 Å². The van der Waals surface area contributed by atoms with Crippen molar-refractivity contribution in [3.8, 4) is 0 Å². The molecule has 2 heteroatoms. The first-order chi connectivity index (χ1) is 13.3. The summed E-state index contributed by atoms with van der Waals surface area (Å²) >= 11 is 2.46. The lowest BCUT2D eigenvalue weighted by atomic mass is 9.58. The van der Waals surface area contributed by atoms with Crippen LogP contribution >= 0.6 is 22.9 Å². The normalized spacial score (nSPS) is 20.0. The third-order valence-electron chi connectivity index (χ3n) is 6.12. The molecular formula is C25H22IN. The maximum atomic E-state index is 2.48. The third-order valence-corrected chi connectivity index (χ3v) is 7.16. The van der Waals surface area contributed by atoms with Gasteiger partial charge in [0, 0.05) is 0 Å². The van der Waals surface area contributed by atoms with Crippen LogP contribution in [0, 0.1) is 5.92 Å². The first-order valence-corrected chi connectivity index (χ1v) is 10.7. The summed E-state index contributed by atoms with van der Waals surface area (Å²) in [5, 5.41) is 0. The van der Waals surface area contributed by atoms with Gasteiger partial charge in [-0.15, -0.1) is 0 Å². The molecule has 3 aromatic carbocycles. The lowest BCUT2D eigenvalue weighted by Crippen LogP contribution is -2.41. The highest BCUT2D eigenvalue weighted by molar-refractivity contribution is 14.1. The van der Waals surface area contributed by atoms with Gasteiger partial charge in [0.25, 0.3) is 0 Å². The third kappa shape index (κ3) is 2.49. The minimum Gasteiger partial charge on any atom is -0.282 e. The van der Waals surface area contributed by atoms with E-state index in [9.17, 15) is 0 Å². The molecule has 3 aromatic rings. The monoisotopic (exact) mass is 463 g/mol. The van der Waals surface area contributed by atoms with Crippen LogP contribution in [0.2, 0.25) is 0 Å². The highest BCUT2D eigenvalue weighted by Gasteiger charge is 2.48. The Kier molecular flexibility index (Phi) is 4.31. The van der Waals surface area contributed by atoms with Crippen LogP contribution in [0.25, 0.3) is 0 Å². The van der Waals surface area contributed by atoms with E-state index in [0.29, 0.717) is 5.92 Å². The molecule has 0 bridgehead atoms. The van der Waals surface area contributed by atoms with Crippen LogP contribution in [0.3, 0.4) is 0 Å². The fourth-order valence-electron chi connectivity index (χ4n) is 5.03. The molecule has 1 aliphatic heterocycles. The van der Waals surface area contributed by atoms with Crippen molar-refractivity contribution in [2.45, 2.75) is 24.7 Å². The maximum absolute atomic E-state index is 2.48. The predicted molar refractivity (Wildman–Crippen MR) is 122 cm³/mol. The van der Waals surface area contributed by atoms with E-state index >= 15 is 0 Å². The van der Waals surface area contributed by atoms with Gasteiger partial charge >= 0.3 is 0 Å². The minimum absolute atomic E-state index is 0.146. The number of halogens is 1. The molecule has 1 atom stereocenters. The summed E-state index contributed by atoms with van der Waals surface area (Å²) in [5.41, 5.74) is 6.69. The SMILES string of the molecule is IN1c2ccccc2C(c2ccccc2)(C2C=CCCC2)c2ccccc21. The van der Waals surface area contributed by atoms with Gasteiger partial charge in [0.2, 0.25) is 0 Å². The molecule has 1 aliphatic carbocycles. The van der Waals surface area contributed by atoms with Crippen LogP contribution in [0.15, 0.2) is 91.0 Å². The van der Waals surface area contributed by atoms with E-state index in [-0.39, 0.29) is 5.41 Å². The number of para-hydroxylation sites is 2. The second-order valence-corrected chi connectivity index (χ2v) is 8.42. The van der Waals surface area contributed by atoms with Crippen LogP contribution in [-0.4, -0.2) is 0 Å². The molecule has 0 N–H and O–H groups in total. The Labute approximate surface area is 175 Å². The van der Waals surface area contributed by atoms with E-state index in [2.05, 4.69) is 117 Å². The fraction of sp³-hybridized carbons (Fsp3) is 0.200. The summed E-state index contributed by atoms with van der Waals surface area (Å²) in [6, 6.07) is 29.1. The van der Waals surface area contributed by atoms with Gasteiger partial charge in [-0.25, -0.2) is 0 Å². The Morgan fingerprint density at radius 1 is 0.778 bits per heavy atom. The number of nitrogens with zero attached hydrogens (tertiary/aromatic N) is 1. The van der Waals surface area contributed by atoms with Crippen molar-refractivity contribution < 1.29 is 0 Å². The van der Waals surface area contributed by atoms with Crippen molar-refractivity contribution in [3.63, 3.8) is 0 Å². The van der Waals surface area contributed by atoms with E-state index in [1.807, 2.05) is 0 Å². The average Bonchev–Trinajstić information content (AvgIpc) is 2.76. The molecule has 0 fully saturated rings. The number of rotatable bonds is 2. The second kappa shape index (κ2) is 6.83. The minimum atomic E-state index is -0.146. The molecule has 0 spiro atoms. The smallest absolute Gasteiger partial charge is 0.0646 e. The van der Waals surface area contributed by atoms with Gasteiger partial charge in [-0.05, 0) is 54.0 Å². The van der Waals surface area contributed by atoms with Gasteiger partial charge < -0.3 is 0 Å². The standard InChI is InChI=1S/C25H22IN/c26-27-23-17-9-7-15-21(23)25(19-11-3-1-4-12-19,20-13-5-2-6-14-20)22-16-8-10-18-24(22)27/h1,3-5,7-13,15-18,20H,2,6,14H2. The lowest BCUT2D eigenvalue weighted by Gasteiger charge is -2.48. The van der Waals surface area contributed by atoms with Crippen molar-refractivity contribution in [2.75, 3.05) is 3.11 Å². The zero-order chi connectivity index (χ0) is 18.3. The van der Waals surface area contributed by atoms with E-state index in [1.54, 1.807) is 0 Å². The number of benzene rings is 3. The second-order valence-electron chi connectivity index (χ2n) is 7.45. The lowest BCUT2D eigenvalue weighted by molar-refractivity contribution is 0.397. The summed E-state index contributed by atoms with van der Waals surface area (Å²) < 4.78 is 2.33. The van der Waals surface area contributed by atoms with E-state index < -0.39 is 0 Å². The summed E-state index contributed by atoms with van der Waals surface area (Å²) in [7, 11) is 0. The molecule has 1 unspecified atom stereocenters. The molecule has 1 heterocycles. The number of hydrogen-bond acceptors (Lipinski definition) is 1. The number of fused-ring (bicyclic) bond motifs is 2. The largest absolute Gasteiger partial charge is 0.282 e. The Bertz CT molecular complexity index is 944. The number of allylic oxidation sites excluding steroid dienone is 2. The molecule has 0 amide bonds. The molecule has 5 rings (SSSR count). The van der Waals surface area contributed by atoms with E-state index in [4.69, 9.17) is 0 Å². The van der Waals surface area contributed by atoms with Gasteiger partial charge in [0.1, 0.15) is 0 Å². The Morgan fingerprint density at radius 2 is 1.37 bits per heavy atom. The van der Waals surface area contributed by atoms with Crippen molar-refractivity contribution in [2.24, 2.45) is 5.92 Å². The van der Waals surface area contributed by atoms with Crippen LogP contribution in [0.1, 0.15) is 36.0 Å². The van der Waals surface area contributed by atoms with Crippen LogP contribution in [0.5, 0.6) is 0 Å². The quantitative estimate of drug-likeness (QED) is 0.221. The summed E-state index contributed by atoms with van der Waals surface area (Å²) in [6.07, 6.45) is 8.54. The highest BCUT2D eigenvalue weighted by Crippen LogP contribution is 2.58. The molecule has 0 aromatic heterocycles. The molecule has 27 heavy (non-hydrogen) atoms. The van der Waals surface area contributed by atoms with Gasteiger partial charge in [-0.1, -0.05) is 78.9 Å². The van der Waals surface area contributed by atoms with Crippen molar-refractivity contribution >= 4 is 34.2 Å². The first kappa shape index (κ1) is 17.1. The fourth-order valence-corrected chi connectivity index (χ4v) is 5.87. The van der Waals surface area contributed by atoms with Gasteiger partial charge in [0.05, 0.1) is 39.7 Å². The summed E-state index contributed by atoms with van der Waals surface area (Å²) in [6.45, 7) is 0. The zero-order valence-electron chi connectivity index (χ0n) is 15.2. The summed E-state index contributed by atoms with van der Waals surface area (Å²) in [4.78, 5) is 0. The molecule has 0 saturated heterocycles. The molecular weight excluding hydrogens is 441 g/mol. The van der Waals surface area contributed by atoms with Crippen molar-refractivity contribution in [1.82, 2.24) is 0 Å². The number of anilines is 2. The van der Waals surface area contributed by atoms with Crippen LogP contribution in [-0.2, 0) is 5.41 Å². The van der Waals surface area contributed by atoms with Gasteiger partial charge in [0.15, 0.2) is 0 Å². The zero-order valence-corrected chi connectivity index (χ0v) is 17.3. The highest BCUT2D eigenvalue weighted by atomic mass is 127. The Hall–Kier alpha value is -2.07. The van der Waals surface area contributed by atoms with Crippen LogP contribution in [0.4, 0.5) is 11.4 Å². The Balaban J connectivity index is 1.92. The van der Waals surface area contributed by atoms with Crippen molar-refractivity contribution in [1.29, 1.82) is 0 Å². The summed E-state index contributed by atoms with van der Waals surface area (Å²) in [5.74, 6) is 0.459. The molecule has 0 radical (unpaired) electrons. The molecule has 2 aliphatic rings. The topological polar surface area (TPSA) is 3.24 Å². The Morgan fingerprint density at radius 3 is 1.96 bits per heavy atom. The molecule has 134 valence electrons. The predicted octanol–water partition coefficient (Wildman–Crippen LogP) is 7.18. The van der Waals surface area contributed by atoms with Crippen LogP contribution < -0.4 is 3.11 Å². The molecule has 0 saturated carbocycles. The maximum Gasteiger partial charge on any atom is 0.0646 e. The molecule has 1 nitrogen and oxygen atoms in total. The van der Waals surface area contributed by atoms with E-state index in [0.717, 1.165) is 0 Å².